The van der Waals surface area contributed by atoms with Gasteiger partial charge in [-0.3, -0.25) is 19.3 Å². The van der Waals surface area contributed by atoms with E-state index in [4.69, 9.17) is 25.2 Å². The van der Waals surface area contributed by atoms with Crippen LogP contribution in [0.3, 0.4) is 0 Å². The van der Waals surface area contributed by atoms with Gasteiger partial charge in [0.2, 0.25) is 5.91 Å². The van der Waals surface area contributed by atoms with Gasteiger partial charge < -0.3 is 30.5 Å². The molecule has 2 heterocycles. The molecule has 3 aromatic rings. The minimum absolute atomic E-state index is 0.149. The molecule has 0 bridgehead atoms. The van der Waals surface area contributed by atoms with Crippen molar-refractivity contribution in [1.29, 1.82) is 0 Å². The molecule has 5 N–H and O–H groups in total. The van der Waals surface area contributed by atoms with Gasteiger partial charge in [-0.15, -0.1) is 0 Å². The van der Waals surface area contributed by atoms with E-state index in [1.165, 1.54) is 13.0 Å². The van der Waals surface area contributed by atoms with Gasteiger partial charge in [-0.1, -0.05) is 18.2 Å². The van der Waals surface area contributed by atoms with E-state index >= 15 is 0 Å². The maximum atomic E-state index is 14.5. The van der Waals surface area contributed by atoms with Crippen LogP contribution in [-0.4, -0.2) is 84.9 Å². The molecule has 13 nitrogen and oxygen atoms in total. The highest BCUT2D eigenvalue weighted by molar-refractivity contribution is 5.88. The predicted octanol–water partition coefficient (Wildman–Crippen LogP) is 2.67. The topological polar surface area (TPSA) is 199 Å². The number of nitrogens with one attached hydrogen (secondary N) is 1. The van der Waals surface area contributed by atoms with Crippen molar-refractivity contribution in [2.24, 2.45) is 0 Å². The lowest BCUT2D eigenvalue weighted by Gasteiger charge is -2.42. The van der Waals surface area contributed by atoms with Gasteiger partial charge >= 0.3 is 17.9 Å². The first-order valence-corrected chi connectivity index (χ1v) is 13.9. The quantitative estimate of drug-likeness (QED) is 0.209. The molecule has 0 spiro atoms. The van der Waals surface area contributed by atoms with Crippen molar-refractivity contribution in [3.63, 3.8) is 0 Å². The fourth-order valence-electron chi connectivity index (χ4n) is 5.04. The third-order valence-electron chi connectivity index (χ3n) is 7.26. The minimum atomic E-state index is -2.74. The Morgan fingerprint density at radius 2 is 1.51 bits per heavy atom. The molecule has 1 fully saturated rings. The smallest absolute Gasteiger partial charge is 0.336 e. The fourth-order valence-corrected chi connectivity index (χ4v) is 5.04. The van der Waals surface area contributed by atoms with Gasteiger partial charge in [-0.05, 0) is 43.2 Å². The maximum absolute atomic E-state index is 14.5. The monoisotopic (exact) mass is 626 g/mol. The lowest BCUT2D eigenvalue weighted by molar-refractivity contribution is -0.170. The van der Waals surface area contributed by atoms with Crippen molar-refractivity contribution in [1.82, 2.24) is 20.2 Å². The zero-order valence-electron chi connectivity index (χ0n) is 24.8. The van der Waals surface area contributed by atoms with Crippen molar-refractivity contribution in [3.05, 3.63) is 77.9 Å². The molecule has 0 atom stereocenters. The Kier molecular flexibility index (Phi) is 11.6. The SMILES string of the molecule is COc1ccc(-c2ncc(CN3CCC(NC(C)=O)(c4ccccc4F)CC3)cn2)cc1.O=C(O)CC(O)(CC(=O)O)C(=O)O. The number of carbonyl (C=O) groups is 4. The average molecular weight is 627 g/mol. The molecule has 1 saturated heterocycles. The number of likely N-dealkylation sites (tertiary alicyclic amines) is 1. The van der Waals surface area contributed by atoms with Crippen LogP contribution in [0.25, 0.3) is 11.4 Å². The summed E-state index contributed by atoms with van der Waals surface area (Å²) in [6.07, 6.45) is 2.68. The van der Waals surface area contributed by atoms with Crippen molar-refractivity contribution in [2.45, 2.75) is 50.3 Å². The molecule has 45 heavy (non-hydrogen) atoms. The molecule has 2 aromatic carbocycles. The Hall–Kier alpha value is -4.95. The third-order valence-corrected chi connectivity index (χ3v) is 7.26. The normalized spacial score (nSPS) is 14.4. The van der Waals surface area contributed by atoms with Gasteiger partial charge in [0.05, 0.1) is 25.5 Å². The zero-order valence-corrected chi connectivity index (χ0v) is 24.8. The first kappa shape index (κ1) is 34.5. The van der Waals surface area contributed by atoms with Crippen LogP contribution < -0.4 is 10.1 Å². The fraction of sp³-hybridized carbons (Fsp3) is 0.355. The van der Waals surface area contributed by atoms with Gasteiger partial charge in [0, 0.05) is 55.6 Å². The molecule has 1 aromatic heterocycles. The highest BCUT2D eigenvalue weighted by Crippen LogP contribution is 2.35. The lowest BCUT2D eigenvalue weighted by atomic mass is 9.80. The van der Waals surface area contributed by atoms with Crippen molar-refractivity contribution in [2.75, 3.05) is 20.2 Å². The molecule has 240 valence electrons. The number of methoxy groups -OCH3 is 1. The Morgan fingerprint density at radius 3 is 1.98 bits per heavy atom. The highest BCUT2D eigenvalue weighted by atomic mass is 19.1. The summed E-state index contributed by atoms with van der Waals surface area (Å²) < 4.78 is 19.7. The molecular formula is C31H35FN4O9. The third kappa shape index (κ3) is 9.52. The van der Waals surface area contributed by atoms with Crippen LogP contribution in [0.5, 0.6) is 5.75 Å². The maximum Gasteiger partial charge on any atom is 0.336 e. The van der Waals surface area contributed by atoms with Gasteiger partial charge in [-0.2, -0.15) is 0 Å². The van der Waals surface area contributed by atoms with Crippen LogP contribution in [0.2, 0.25) is 0 Å². The summed E-state index contributed by atoms with van der Waals surface area (Å²) in [7, 11) is 1.64. The number of carbonyl (C=O) groups excluding carboxylic acids is 1. The molecular weight excluding hydrogens is 591 g/mol. The predicted molar refractivity (Wildman–Crippen MR) is 158 cm³/mol. The van der Waals surface area contributed by atoms with E-state index in [1.54, 1.807) is 19.2 Å². The molecule has 1 amide bonds. The molecule has 1 aliphatic heterocycles. The number of nitrogens with zero attached hydrogens (tertiary/aromatic N) is 3. The Labute approximate surface area is 258 Å². The number of aliphatic hydroxyl groups is 1. The number of carboxylic acid groups (broad SMARTS) is 3. The minimum Gasteiger partial charge on any atom is -0.497 e. The Morgan fingerprint density at radius 1 is 0.956 bits per heavy atom. The summed E-state index contributed by atoms with van der Waals surface area (Å²) in [6.45, 7) is 3.65. The van der Waals surface area contributed by atoms with Crippen molar-refractivity contribution in [3.8, 4) is 17.1 Å². The second kappa shape index (κ2) is 15.2. The van der Waals surface area contributed by atoms with E-state index in [-0.39, 0.29) is 11.7 Å². The molecule has 14 heteroatoms. The Bertz CT molecular complexity index is 1480. The summed E-state index contributed by atoms with van der Waals surface area (Å²) in [6, 6.07) is 14.3. The number of benzene rings is 2. The van der Waals surface area contributed by atoms with Crippen LogP contribution >= 0.6 is 0 Å². The number of carboxylic acids is 3. The van der Waals surface area contributed by atoms with E-state index in [0.29, 0.717) is 30.8 Å². The number of aliphatic carboxylic acids is 3. The summed E-state index contributed by atoms with van der Waals surface area (Å²) in [5.41, 5.74) is -0.914. The number of amides is 1. The Balaban J connectivity index is 0.000000360. The first-order valence-electron chi connectivity index (χ1n) is 13.9. The van der Waals surface area contributed by atoms with Crippen molar-refractivity contribution >= 4 is 23.8 Å². The van der Waals surface area contributed by atoms with E-state index < -0.39 is 41.9 Å². The molecule has 0 aliphatic carbocycles. The van der Waals surface area contributed by atoms with E-state index in [1.807, 2.05) is 42.7 Å². The number of ether oxygens (including phenoxy) is 1. The first-order chi connectivity index (χ1) is 21.3. The largest absolute Gasteiger partial charge is 0.497 e. The highest BCUT2D eigenvalue weighted by Gasteiger charge is 2.41. The second-order valence-corrected chi connectivity index (χ2v) is 10.6. The van der Waals surface area contributed by atoms with E-state index in [9.17, 15) is 23.6 Å². The molecule has 0 radical (unpaired) electrons. The average Bonchev–Trinajstić information content (AvgIpc) is 2.98. The van der Waals surface area contributed by atoms with Crippen LogP contribution in [-0.2, 0) is 31.3 Å². The standard InChI is InChI=1S/C25H27FN4O2.C6H8O7/c1-18(31)29-25(22-5-3-4-6-23(22)26)11-13-30(14-12-25)17-19-15-27-24(28-16-19)20-7-9-21(32-2)10-8-20;7-3(8)1-6(13,5(11)12)2-4(9)10/h3-10,15-16H,11-14,17H2,1-2H3,(H,29,31);13H,1-2H2,(H,7,8)(H,9,10)(H,11,12). The van der Waals surface area contributed by atoms with Gasteiger partial charge in [0.1, 0.15) is 11.6 Å². The zero-order chi connectivity index (χ0) is 33.2. The number of hydrogen-bond acceptors (Lipinski definition) is 9. The number of halogens is 1. The summed E-state index contributed by atoms with van der Waals surface area (Å²) in [5, 5.41) is 36.8. The van der Waals surface area contributed by atoms with Crippen LogP contribution in [0.1, 0.15) is 43.7 Å². The second-order valence-electron chi connectivity index (χ2n) is 10.6. The molecule has 1 aliphatic rings. The van der Waals surface area contributed by atoms with Crippen LogP contribution in [0.15, 0.2) is 60.9 Å². The van der Waals surface area contributed by atoms with Gasteiger partial charge in [0.25, 0.3) is 0 Å². The summed E-state index contributed by atoms with van der Waals surface area (Å²) in [4.78, 5) is 53.7. The molecule has 0 unspecified atom stereocenters. The molecule has 0 saturated carbocycles. The number of rotatable bonds is 11. The summed E-state index contributed by atoms with van der Waals surface area (Å²) in [5.74, 6) is -3.99. The molecule has 4 rings (SSSR count). The van der Waals surface area contributed by atoms with Crippen LogP contribution in [0.4, 0.5) is 4.39 Å². The number of hydrogen-bond donors (Lipinski definition) is 5. The van der Waals surface area contributed by atoms with Crippen molar-refractivity contribution < 1.29 is 48.7 Å². The van der Waals surface area contributed by atoms with Crippen LogP contribution in [0, 0.1) is 5.82 Å². The number of piperidine rings is 1. The lowest BCUT2D eigenvalue weighted by Crippen LogP contribution is -2.52. The van der Waals surface area contributed by atoms with Gasteiger partial charge in [0.15, 0.2) is 11.4 Å². The summed E-state index contributed by atoms with van der Waals surface area (Å²) >= 11 is 0. The number of aromatic nitrogens is 2. The van der Waals surface area contributed by atoms with Gasteiger partial charge in [-0.25, -0.2) is 19.2 Å². The van der Waals surface area contributed by atoms with E-state index in [2.05, 4.69) is 20.2 Å². The van der Waals surface area contributed by atoms with E-state index in [0.717, 1.165) is 30.0 Å².